The Morgan fingerprint density at radius 3 is 2.32 bits per heavy atom. The number of carbonyl (C=O) groups is 1. The lowest BCUT2D eigenvalue weighted by Gasteiger charge is -2.28. The average Bonchev–Trinajstić information content (AvgIpc) is 2.82. The SMILES string of the molecule is COc1ccc(S(=O)(=O)NCC2CCC(C(=O)NC[C@@H](O)c3ccccc3)CC2)cc1. The number of amides is 1. The number of carbonyl (C=O) groups excluding carboxylic acids is 1. The van der Waals surface area contributed by atoms with Crippen LogP contribution >= 0.6 is 0 Å². The monoisotopic (exact) mass is 446 g/mol. The van der Waals surface area contributed by atoms with Crippen LogP contribution in [0.15, 0.2) is 59.5 Å². The van der Waals surface area contributed by atoms with E-state index < -0.39 is 16.1 Å². The number of hydrogen-bond donors (Lipinski definition) is 3. The van der Waals surface area contributed by atoms with Crippen molar-refractivity contribution in [2.24, 2.45) is 11.8 Å². The topological polar surface area (TPSA) is 105 Å². The van der Waals surface area contributed by atoms with Crippen molar-refractivity contribution in [2.75, 3.05) is 20.2 Å². The number of rotatable bonds is 9. The van der Waals surface area contributed by atoms with E-state index in [1.54, 1.807) is 12.1 Å². The van der Waals surface area contributed by atoms with E-state index in [-0.39, 0.29) is 29.2 Å². The van der Waals surface area contributed by atoms with Crippen LogP contribution in [0.3, 0.4) is 0 Å². The summed E-state index contributed by atoms with van der Waals surface area (Å²) in [4.78, 5) is 12.7. The van der Waals surface area contributed by atoms with E-state index in [2.05, 4.69) is 10.0 Å². The van der Waals surface area contributed by atoms with Gasteiger partial charge in [-0.1, -0.05) is 30.3 Å². The maximum atomic E-state index is 12.5. The molecule has 3 rings (SSSR count). The van der Waals surface area contributed by atoms with Gasteiger partial charge >= 0.3 is 0 Å². The highest BCUT2D eigenvalue weighted by atomic mass is 32.2. The van der Waals surface area contributed by atoms with Gasteiger partial charge in [0.05, 0.1) is 18.1 Å². The van der Waals surface area contributed by atoms with Gasteiger partial charge in [0.2, 0.25) is 15.9 Å². The summed E-state index contributed by atoms with van der Waals surface area (Å²) in [5.74, 6) is 0.656. The van der Waals surface area contributed by atoms with Crippen LogP contribution in [0, 0.1) is 11.8 Å². The van der Waals surface area contributed by atoms with Crippen LogP contribution < -0.4 is 14.8 Å². The first-order valence-corrected chi connectivity index (χ1v) is 12.0. The molecular formula is C23H30N2O5S. The maximum absolute atomic E-state index is 12.5. The lowest BCUT2D eigenvalue weighted by molar-refractivity contribution is -0.126. The van der Waals surface area contributed by atoms with Gasteiger partial charge in [-0.05, 0) is 61.4 Å². The normalized spacial score (nSPS) is 20.1. The number of aliphatic hydroxyl groups is 1. The van der Waals surface area contributed by atoms with E-state index in [9.17, 15) is 18.3 Å². The number of aliphatic hydroxyl groups excluding tert-OH is 1. The third-order valence-electron chi connectivity index (χ3n) is 5.80. The van der Waals surface area contributed by atoms with E-state index >= 15 is 0 Å². The van der Waals surface area contributed by atoms with E-state index in [1.165, 1.54) is 19.2 Å². The minimum absolute atomic E-state index is 0.0488. The fourth-order valence-corrected chi connectivity index (χ4v) is 4.95. The van der Waals surface area contributed by atoms with Crippen LogP contribution in [0.2, 0.25) is 0 Å². The number of hydrogen-bond acceptors (Lipinski definition) is 5. The number of methoxy groups -OCH3 is 1. The van der Waals surface area contributed by atoms with Gasteiger partial charge in [0.15, 0.2) is 0 Å². The Morgan fingerprint density at radius 1 is 1.06 bits per heavy atom. The van der Waals surface area contributed by atoms with E-state index in [4.69, 9.17) is 4.74 Å². The second-order valence-corrected chi connectivity index (χ2v) is 9.68. The second-order valence-electron chi connectivity index (χ2n) is 7.92. The number of ether oxygens (including phenoxy) is 1. The summed E-state index contributed by atoms with van der Waals surface area (Å²) in [6.45, 7) is 0.542. The number of nitrogens with one attached hydrogen (secondary N) is 2. The zero-order chi connectivity index (χ0) is 22.3. The first kappa shape index (κ1) is 23.2. The van der Waals surface area contributed by atoms with Crippen molar-refractivity contribution in [3.8, 4) is 5.75 Å². The highest BCUT2D eigenvalue weighted by molar-refractivity contribution is 7.89. The van der Waals surface area contributed by atoms with Crippen LogP contribution in [0.25, 0.3) is 0 Å². The second kappa shape index (κ2) is 10.7. The van der Waals surface area contributed by atoms with Crippen LogP contribution in [-0.4, -0.2) is 39.6 Å². The van der Waals surface area contributed by atoms with E-state index in [0.717, 1.165) is 18.4 Å². The molecule has 1 saturated carbocycles. The van der Waals surface area contributed by atoms with Crippen molar-refractivity contribution >= 4 is 15.9 Å². The Labute approximate surface area is 183 Å². The summed E-state index contributed by atoms with van der Waals surface area (Å²) in [6, 6.07) is 15.5. The quantitative estimate of drug-likeness (QED) is 0.549. The fraction of sp³-hybridized carbons (Fsp3) is 0.435. The van der Waals surface area contributed by atoms with Gasteiger partial charge in [0.25, 0.3) is 0 Å². The molecule has 1 atom stereocenters. The van der Waals surface area contributed by atoms with Gasteiger partial charge < -0.3 is 15.2 Å². The predicted molar refractivity (Wildman–Crippen MR) is 118 cm³/mol. The summed E-state index contributed by atoms with van der Waals surface area (Å²) < 4.78 is 32.7. The van der Waals surface area contributed by atoms with Gasteiger partial charge in [-0.3, -0.25) is 4.79 Å². The largest absolute Gasteiger partial charge is 0.497 e. The molecule has 0 unspecified atom stereocenters. The first-order valence-electron chi connectivity index (χ1n) is 10.5. The van der Waals surface area contributed by atoms with Crippen molar-refractivity contribution in [3.63, 3.8) is 0 Å². The van der Waals surface area contributed by atoms with Crippen LogP contribution in [0.5, 0.6) is 5.75 Å². The molecule has 1 aliphatic carbocycles. The van der Waals surface area contributed by atoms with E-state index in [1.807, 2.05) is 30.3 Å². The molecule has 0 bridgehead atoms. The molecule has 1 aliphatic rings. The molecule has 7 nitrogen and oxygen atoms in total. The minimum Gasteiger partial charge on any atom is -0.497 e. The Hall–Kier alpha value is -2.42. The standard InChI is InChI=1S/C23H30N2O5S/c1-30-20-11-13-21(14-12-20)31(28,29)25-15-17-7-9-19(10-8-17)23(27)24-16-22(26)18-5-3-2-4-6-18/h2-6,11-14,17,19,22,25-26H,7-10,15-16H2,1H3,(H,24,27)/t17?,19?,22-/m1/s1. The number of benzene rings is 2. The summed E-state index contributed by atoms with van der Waals surface area (Å²) >= 11 is 0. The minimum atomic E-state index is -3.57. The lowest BCUT2D eigenvalue weighted by Crippen LogP contribution is -2.37. The van der Waals surface area contributed by atoms with Gasteiger partial charge in [0.1, 0.15) is 5.75 Å². The Bertz CT molecular complexity index is 940. The molecular weight excluding hydrogens is 416 g/mol. The van der Waals surface area contributed by atoms with Crippen molar-refractivity contribution in [1.29, 1.82) is 0 Å². The summed E-state index contributed by atoms with van der Waals surface area (Å²) in [5, 5.41) is 13.0. The smallest absolute Gasteiger partial charge is 0.240 e. The Kier molecular flexibility index (Phi) is 8.06. The van der Waals surface area contributed by atoms with Gasteiger partial charge in [-0.2, -0.15) is 0 Å². The molecule has 2 aromatic rings. The van der Waals surface area contributed by atoms with Crippen molar-refractivity contribution in [2.45, 2.75) is 36.7 Å². The van der Waals surface area contributed by atoms with Crippen molar-refractivity contribution in [3.05, 3.63) is 60.2 Å². The van der Waals surface area contributed by atoms with Gasteiger partial charge in [-0.25, -0.2) is 13.1 Å². The molecule has 0 aliphatic heterocycles. The van der Waals surface area contributed by atoms with Crippen molar-refractivity contribution in [1.82, 2.24) is 10.0 Å². The zero-order valence-corrected chi connectivity index (χ0v) is 18.5. The average molecular weight is 447 g/mol. The molecule has 0 heterocycles. The highest BCUT2D eigenvalue weighted by Crippen LogP contribution is 2.29. The lowest BCUT2D eigenvalue weighted by atomic mass is 9.81. The molecule has 0 saturated heterocycles. The molecule has 1 amide bonds. The molecule has 8 heteroatoms. The predicted octanol–water partition coefficient (Wildman–Crippen LogP) is 2.63. The maximum Gasteiger partial charge on any atom is 0.240 e. The van der Waals surface area contributed by atoms with Gasteiger partial charge in [0, 0.05) is 19.0 Å². The fourth-order valence-electron chi connectivity index (χ4n) is 3.83. The number of sulfonamides is 1. The zero-order valence-electron chi connectivity index (χ0n) is 17.7. The molecule has 2 aromatic carbocycles. The van der Waals surface area contributed by atoms with Crippen LogP contribution in [-0.2, 0) is 14.8 Å². The molecule has 31 heavy (non-hydrogen) atoms. The van der Waals surface area contributed by atoms with Gasteiger partial charge in [-0.15, -0.1) is 0 Å². The molecule has 0 aromatic heterocycles. The van der Waals surface area contributed by atoms with Crippen LogP contribution in [0.4, 0.5) is 0 Å². The molecule has 1 fully saturated rings. The summed E-state index contributed by atoms with van der Waals surface area (Å²) in [7, 11) is -2.04. The van der Waals surface area contributed by atoms with E-state index in [0.29, 0.717) is 25.1 Å². The molecule has 3 N–H and O–H groups in total. The molecule has 168 valence electrons. The Morgan fingerprint density at radius 2 is 1.71 bits per heavy atom. The molecule has 0 radical (unpaired) electrons. The first-order chi connectivity index (χ1) is 14.9. The van der Waals surface area contributed by atoms with Crippen molar-refractivity contribution < 1.29 is 23.1 Å². The third kappa shape index (κ3) is 6.53. The third-order valence-corrected chi connectivity index (χ3v) is 7.24. The Balaban J connectivity index is 1.41. The summed E-state index contributed by atoms with van der Waals surface area (Å²) in [5.41, 5.74) is 0.774. The summed E-state index contributed by atoms with van der Waals surface area (Å²) in [6.07, 6.45) is 2.26. The molecule has 0 spiro atoms. The van der Waals surface area contributed by atoms with Crippen LogP contribution in [0.1, 0.15) is 37.4 Å². The highest BCUT2D eigenvalue weighted by Gasteiger charge is 2.27.